The number of hydrogen-bond acceptors (Lipinski definition) is 3. The van der Waals surface area contributed by atoms with E-state index in [0.717, 1.165) is 35.6 Å². The summed E-state index contributed by atoms with van der Waals surface area (Å²) in [5, 5.41) is 8.81. The zero-order valence-electron chi connectivity index (χ0n) is 15.8. The first-order valence-corrected chi connectivity index (χ1v) is 9.51. The summed E-state index contributed by atoms with van der Waals surface area (Å²) in [6.07, 6.45) is 1.60. The molecule has 2 heterocycles. The Morgan fingerprint density at radius 2 is 1.81 bits per heavy atom. The third-order valence-electron chi connectivity index (χ3n) is 5.22. The van der Waals surface area contributed by atoms with Crippen molar-refractivity contribution < 1.29 is 4.79 Å². The van der Waals surface area contributed by atoms with Crippen LogP contribution in [0.2, 0.25) is 0 Å². The maximum atomic E-state index is 13.1. The summed E-state index contributed by atoms with van der Waals surface area (Å²) in [4.78, 5) is 15.0. The highest BCUT2D eigenvalue weighted by molar-refractivity contribution is 5.95. The van der Waals surface area contributed by atoms with E-state index in [1.54, 1.807) is 0 Å². The molecule has 2 aromatic carbocycles. The van der Waals surface area contributed by atoms with E-state index in [1.165, 1.54) is 5.56 Å². The number of aryl methyl sites for hydroxylation is 1. The maximum absolute atomic E-state index is 13.1. The molecule has 0 spiro atoms. The van der Waals surface area contributed by atoms with Gasteiger partial charge in [0.1, 0.15) is 5.82 Å². The molecule has 138 valence electrons. The van der Waals surface area contributed by atoms with Gasteiger partial charge in [0.25, 0.3) is 5.91 Å². The summed E-state index contributed by atoms with van der Waals surface area (Å²) < 4.78 is 2.20. The molecule has 3 aromatic rings. The van der Waals surface area contributed by atoms with Crippen LogP contribution in [0.4, 0.5) is 0 Å². The van der Waals surface area contributed by atoms with Gasteiger partial charge in [0.15, 0.2) is 5.82 Å². The smallest absolute Gasteiger partial charge is 0.254 e. The molecule has 1 aliphatic rings. The number of carbonyl (C=O) groups is 1. The van der Waals surface area contributed by atoms with Gasteiger partial charge in [0.2, 0.25) is 0 Å². The lowest BCUT2D eigenvalue weighted by molar-refractivity contribution is 0.0678. The van der Waals surface area contributed by atoms with Crippen LogP contribution in [0, 0.1) is 0 Å². The summed E-state index contributed by atoms with van der Waals surface area (Å²) in [5.41, 5.74) is 3.10. The quantitative estimate of drug-likeness (QED) is 0.714. The number of hydrogen-bond donors (Lipinski definition) is 0. The molecule has 1 amide bonds. The first-order valence-electron chi connectivity index (χ1n) is 9.51. The van der Waals surface area contributed by atoms with Crippen LogP contribution in [-0.2, 0) is 19.4 Å². The van der Waals surface area contributed by atoms with Crippen LogP contribution in [0.15, 0.2) is 54.6 Å². The van der Waals surface area contributed by atoms with Gasteiger partial charge in [-0.25, -0.2) is 0 Å². The Kier molecular flexibility index (Phi) is 4.75. The van der Waals surface area contributed by atoms with Crippen molar-refractivity contribution in [3.8, 4) is 0 Å². The molecule has 0 unspecified atom stereocenters. The average molecular weight is 360 g/mol. The standard InChI is InChI=1S/C22H24N4O/c1-3-18-11-7-8-12-19(18)22(27)25-14-16(2)26-20(23-24-21(26)15-25)13-17-9-5-4-6-10-17/h4-12,16H,3,13-15H2,1-2H3/t16-/m0/s1. The number of nitrogens with zero attached hydrogens (tertiary/aromatic N) is 4. The van der Waals surface area contributed by atoms with E-state index in [-0.39, 0.29) is 11.9 Å². The number of rotatable bonds is 4. The summed E-state index contributed by atoms with van der Waals surface area (Å²) in [6, 6.07) is 18.3. The van der Waals surface area contributed by atoms with Crippen molar-refractivity contribution in [3.63, 3.8) is 0 Å². The predicted molar refractivity (Wildman–Crippen MR) is 105 cm³/mol. The van der Waals surface area contributed by atoms with Gasteiger partial charge in [0, 0.05) is 18.5 Å². The van der Waals surface area contributed by atoms with E-state index in [2.05, 4.69) is 40.7 Å². The van der Waals surface area contributed by atoms with Crippen molar-refractivity contribution in [1.82, 2.24) is 19.7 Å². The summed E-state index contributed by atoms with van der Waals surface area (Å²) >= 11 is 0. The van der Waals surface area contributed by atoms with Crippen LogP contribution in [-0.4, -0.2) is 32.1 Å². The number of fused-ring (bicyclic) bond motifs is 1. The maximum Gasteiger partial charge on any atom is 0.254 e. The molecule has 1 atom stereocenters. The zero-order chi connectivity index (χ0) is 18.8. The van der Waals surface area contributed by atoms with Gasteiger partial charge in [-0.2, -0.15) is 0 Å². The largest absolute Gasteiger partial charge is 0.329 e. The third-order valence-corrected chi connectivity index (χ3v) is 5.22. The zero-order valence-corrected chi connectivity index (χ0v) is 15.8. The first kappa shape index (κ1) is 17.5. The molecule has 0 fully saturated rings. The number of carbonyl (C=O) groups excluding carboxylic acids is 1. The number of benzene rings is 2. The van der Waals surface area contributed by atoms with Crippen molar-refractivity contribution in [1.29, 1.82) is 0 Å². The van der Waals surface area contributed by atoms with E-state index in [9.17, 15) is 4.79 Å². The fraction of sp³-hybridized carbons (Fsp3) is 0.318. The van der Waals surface area contributed by atoms with Gasteiger partial charge in [0.05, 0.1) is 12.6 Å². The summed E-state index contributed by atoms with van der Waals surface area (Å²) in [5.74, 6) is 1.91. The van der Waals surface area contributed by atoms with Crippen LogP contribution in [0.3, 0.4) is 0 Å². The van der Waals surface area contributed by atoms with E-state index in [1.807, 2.05) is 47.4 Å². The van der Waals surface area contributed by atoms with Gasteiger partial charge in [-0.15, -0.1) is 10.2 Å². The molecular formula is C22H24N4O. The predicted octanol–water partition coefficient (Wildman–Crippen LogP) is 3.65. The fourth-order valence-electron chi connectivity index (χ4n) is 3.87. The van der Waals surface area contributed by atoms with Crippen LogP contribution in [0.1, 0.15) is 53.0 Å². The summed E-state index contributed by atoms with van der Waals surface area (Å²) in [6.45, 7) is 5.39. The van der Waals surface area contributed by atoms with E-state index >= 15 is 0 Å². The van der Waals surface area contributed by atoms with Crippen LogP contribution >= 0.6 is 0 Å². The van der Waals surface area contributed by atoms with Crippen LogP contribution in [0.5, 0.6) is 0 Å². The van der Waals surface area contributed by atoms with Crippen molar-refractivity contribution in [2.45, 2.75) is 39.3 Å². The van der Waals surface area contributed by atoms with Gasteiger partial charge in [-0.05, 0) is 30.5 Å². The fourth-order valence-corrected chi connectivity index (χ4v) is 3.87. The molecule has 5 heteroatoms. The van der Waals surface area contributed by atoms with Crippen LogP contribution < -0.4 is 0 Å². The Balaban J connectivity index is 1.58. The van der Waals surface area contributed by atoms with Gasteiger partial charge in [-0.1, -0.05) is 55.5 Å². The second-order valence-corrected chi connectivity index (χ2v) is 7.11. The van der Waals surface area contributed by atoms with E-state index < -0.39 is 0 Å². The van der Waals surface area contributed by atoms with Crippen LogP contribution in [0.25, 0.3) is 0 Å². The second-order valence-electron chi connectivity index (χ2n) is 7.11. The minimum atomic E-state index is 0.0816. The Bertz CT molecular complexity index is 948. The highest BCUT2D eigenvalue weighted by atomic mass is 16.2. The Morgan fingerprint density at radius 1 is 1.07 bits per heavy atom. The SMILES string of the molecule is CCc1ccccc1C(=O)N1Cc2nnc(Cc3ccccc3)n2[C@@H](C)C1. The molecule has 0 N–H and O–H groups in total. The Labute approximate surface area is 159 Å². The third kappa shape index (κ3) is 3.37. The minimum Gasteiger partial charge on any atom is -0.329 e. The van der Waals surface area contributed by atoms with E-state index in [4.69, 9.17) is 0 Å². The lowest BCUT2D eigenvalue weighted by Crippen LogP contribution is -2.41. The molecular weight excluding hydrogens is 336 g/mol. The topological polar surface area (TPSA) is 51.0 Å². The van der Waals surface area contributed by atoms with Crippen molar-refractivity contribution >= 4 is 5.91 Å². The Morgan fingerprint density at radius 3 is 2.59 bits per heavy atom. The Hall–Kier alpha value is -2.95. The molecule has 0 saturated carbocycles. The van der Waals surface area contributed by atoms with Gasteiger partial charge in [-0.3, -0.25) is 4.79 Å². The minimum absolute atomic E-state index is 0.0816. The lowest BCUT2D eigenvalue weighted by Gasteiger charge is -2.33. The van der Waals surface area contributed by atoms with Crippen molar-refractivity contribution in [2.24, 2.45) is 0 Å². The molecule has 0 radical (unpaired) electrons. The molecule has 0 aliphatic carbocycles. The molecule has 27 heavy (non-hydrogen) atoms. The van der Waals surface area contributed by atoms with Crippen molar-refractivity contribution in [3.05, 3.63) is 82.9 Å². The monoisotopic (exact) mass is 360 g/mol. The molecule has 0 bridgehead atoms. The molecule has 4 rings (SSSR count). The number of amides is 1. The molecule has 1 aliphatic heterocycles. The van der Waals surface area contributed by atoms with Gasteiger partial charge < -0.3 is 9.47 Å². The first-order chi connectivity index (χ1) is 13.2. The normalized spacial score (nSPS) is 16.2. The molecule has 5 nitrogen and oxygen atoms in total. The lowest BCUT2D eigenvalue weighted by atomic mass is 10.0. The highest BCUT2D eigenvalue weighted by Gasteiger charge is 2.30. The molecule has 1 aromatic heterocycles. The van der Waals surface area contributed by atoms with Gasteiger partial charge >= 0.3 is 0 Å². The van der Waals surface area contributed by atoms with Crippen molar-refractivity contribution in [2.75, 3.05) is 6.54 Å². The molecule has 0 saturated heterocycles. The average Bonchev–Trinajstić information content (AvgIpc) is 3.11. The number of aromatic nitrogens is 3. The second kappa shape index (κ2) is 7.35. The van der Waals surface area contributed by atoms with E-state index in [0.29, 0.717) is 13.1 Å². The summed E-state index contributed by atoms with van der Waals surface area (Å²) in [7, 11) is 0. The highest BCUT2D eigenvalue weighted by Crippen LogP contribution is 2.25.